The van der Waals surface area contributed by atoms with Crippen molar-refractivity contribution in [3.63, 3.8) is 0 Å². The first-order valence-corrected chi connectivity index (χ1v) is 11.4. The molecule has 0 spiro atoms. The third-order valence-electron chi connectivity index (χ3n) is 5.07. The molecule has 0 radical (unpaired) electrons. The van der Waals surface area contributed by atoms with Gasteiger partial charge in [0.05, 0.1) is 16.5 Å². The van der Waals surface area contributed by atoms with Crippen molar-refractivity contribution in [3.05, 3.63) is 95.6 Å². The third-order valence-corrected chi connectivity index (χ3v) is 6.94. The number of benzene rings is 3. The van der Waals surface area contributed by atoms with E-state index in [1.54, 1.807) is 12.1 Å². The summed E-state index contributed by atoms with van der Waals surface area (Å²) in [6, 6.07) is 20.7. The normalized spacial score (nSPS) is 12.3. The van der Waals surface area contributed by atoms with Crippen LogP contribution >= 0.6 is 0 Å². The zero-order valence-electron chi connectivity index (χ0n) is 17.4. The summed E-state index contributed by atoms with van der Waals surface area (Å²) in [6.45, 7) is 2.25. The highest BCUT2D eigenvalue weighted by Crippen LogP contribution is 2.32. The molecule has 32 heavy (non-hydrogen) atoms. The number of carbonyl (C=O) groups is 2. The van der Waals surface area contributed by atoms with Gasteiger partial charge in [-0.1, -0.05) is 49.4 Å². The van der Waals surface area contributed by atoms with Crippen molar-refractivity contribution in [2.24, 2.45) is 0 Å². The molecule has 3 rings (SSSR count). The van der Waals surface area contributed by atoms with Crippen LogP contribution in [0.1, 0.15) is 40.9 Å². The minimum Gasteiger partial charge on any atom is -0.478 e. The van der Waals surface area contributed by atoms with Crippen LogP contribution in [0.15, 0.2) is 83.8 Å². The fourth-order valence-electron chi connectivity index (χ4n) is 3.46. The van der Waals surface area contributed by atoms with E-state index < -0.39 is 22.0 Å². The van der Waals surface area contributed by atoms with Crippen molar-refractivity contribution in [3.8, 4) is 5.75 Å². The van der Waals surface area contributed by atoms with E-state index in [1.807, 2.05) is 37.3 Å². The van der Waals surface area contributed by atoms with E-state index in [4.69, 9.17) is 9.84 Å². The number of sulfonamides is 1. The van der Waals surface area contributed by atoms with Gasteiger partial charge in [-0.05, 0) is 53.9 Å². The van der Waals surface area contributed by atoms with Gasteiger partial charge < -0.3 is 9.84 Å². The molecule has 1 atom stereocenters. The number of carboxylic acid groups (broad SMARTS) is 1. The van der Waals surface area contributed by atoms with Gasteiger partial charge in [0, 0.05) is 6.54 Å². The predicted octanol–water partition coefficient (Wildman–Crippen LogP) is 4.26. The molecule has 0 amide bonds. The van der Waals surface area contributed by atoms with E-state index in [9.17, 15) is 18.0 Å². The number of rotatable bonds is 10. The van der Waals surface area contributed by atoms with Gasteiger partial charge in [-0.3, -0.25) is 4.79 Å². The lowest BCUT2D eigenvalue weighted by Gasteiger charge is -2.31. The van der Waals surface area contributed by atoms with E-state index in [0.29, 0.717) is 12.0 Å². The molecule has 0 saturated carbocycles. The van der Waals surface area contributed by atoms with Crippen molar-refractivity contribution >= 4 is 22.5 Å². The number of aromatic carboxylic acids is 1. The molecule has 0 fully saturated rings. The molecule has 0 bridgehead atoms. The number of nitrogens with zero attached hydrogens (tertiary/aromatic N) is 1. The summed E-state index contributed by atoms with van der Waals surface area (Å²) in [5.74, 6) is -0.806. The summed E-state index contributed by atoms with van der Waals surface area (Å²) < 4.78 is 33.5. The molecule has 0 unspecified atom stereocenters. The molecule has 3 aromatic rings. The Hall–Kier alpha value is -3.49. The average molecular weight is 454 g/mol. The molecule has 8 heteroatoms. The molecule has 0 saturated heterocycles. The van der Waals surface area contributed by atoms with Crippen LogP contribution < -0.4 is 4.74 Å². The van der Waals surface area contributed by atoms with Crippen LogP contribution in [0.25, 0.3) is 0 Å². The zero-order chi connectivity index (χ0) is 23.1. The molecule has 7 nitrogen and oxygen atoms in total. The SMILES string of the molecule is CC[C@@H](c1ccccc1)N(Cc1ccc(C(=O)O)cc1)S(=O)(=O)c1ccc(OC=O)cc1. The van der Waals surface area contributed by atoms with Crippen molar-refractivity contribution in [2.75, 3.05) is 0 Å². The first kappa shape index (κ1) is 23.2. The maximum Gasteiger partial charge on any atom is 0.335 e. The molecule has 0 aromatic heterocycles. The van der Waals surface area contributed by atoms with E-state index >= 15 is 0 Å². The fraction of sp³-hybridized carbons (Fsp3) is 0.167. The summed E-state index contributed by atoms with van der Waals surface area (Å²) >= 11 is 0. The van der Waals surface area contributed by atoms with Crippen LogP contribution in [-0.4, -0.2) is 30.3 Å². The first-order valence-electron chi connectivity index (χ1n) is 9.96. The smallest absolute Gasteiger partial charge is 0.335 e. The molecular formula is C24H23NO6S. The summed E-state index contributed by atoms with van der Waals surface area (Å²) in [6.07, 6.45) is 0.531. The van der Waals surface area contributed by atoms with Crippen molar-refractivity contribution < 1.29 is 27.9 Å². The molecule has 0 aliphatic heterocycles. The molecule has 0 aliphatic carbocycles. The maximum atomic E-state index is 13.7. The van der Waals surface area contributed by atoms with Crippen molar-refractivity contribution in [1.29, 1.82) is 0 Å². The Balaban J connectivity index is 2.04. The van der Waals surface area contributed by atoms with Gasteiger partial charge in [0.15, 0.2) is 0 Å². The zero-order valence-corrected chi connectivity index (χ0v) is 18.2. The summed E-state index contributed by atoms with van der Waals surface area (Å²) in [5.41, 5.74) is 1.64. The van der Waals surface area contributed by atoms with E-state index in [1.165, 1.54) is 40.7 Å². The number of hydrogen-bond donors (Lipinski definition) is 1. The van der Waals surface area contributed by atoms with Crippen LogP contribution in [0.3, 0.4) is 0 Å². The average Bonchev–Trinajstić information content (AvgIpc) is 2.80. The van der Waals surface area contributed by atoms with Crippen LogP contribution in [0.4, 0.5) is 0 Å². The van der Waals surface area contributed by atoms with Crippen molar-refractivity contribution in [1.82, 2.24) is 4.31 Å². The van der Waals surface area contributed by atoms with Gasteiger partial charge in [-0.25, -0.2) is 13.2 Å². The Bertz CT molecular complexity index is 1160. The quantitative estimate of drug-likeness (QED) is 0.460. The van der Waals surface area contributed by atoms with E-state index in [-0.39, 0.29) is 29.2 Å². The first-order chi connectivity index (χ1) is 15.4. The minimum atomic E-state index is -3.94. The van der Waals surface area contributed by atoms with Crippen LogP contribution in [0, 0.1) is 0 Å². The topological polar surface area (TPSA) is 101 Å². The van der Waals surface area contributed by atoms with Gasteiger partial charge in [0.1, 0.15) is 5.75 Å². The second-order valence-corrected chi connectivity index (χ2v) is 8.96. The molecule has 3 aromatic carbocycles. The predicted molar refractivity (Wildman–Crippen MR) is 119 cm³/mol. The van der Waals surface area contributed by atoms with Crippen LogP contribution in [-0.2, 0) is 21.4 Å². The highest BCUT2D eigenvalue weighted by Gasteiger charge is 2.32. The second kappa shape index (κ2) is 10.2. The van der Waals surface area contributed by atoms with Crippen molar-refractivity contribution in [2.45, 2.75) is 30.8 Å². The molecule has 0 aliphatic rings. The summed E-state index contributed by atoms with van der Waals surface area (Å²) in [7, 11) is -3.94. The van der Waals surface area contributed by atoms with Gasteiger partial charge in [0.25, 0.3) is 6.47 Å². The molecule has 1 N–H and O–H groups in total. The number of ether oxygens (including phenoxy) is 1. The highest BCUT2D eigenvalue weighted by molar-refractivity contribution is 7.89. The lowest BCUT2D eigenvalue weighted by Crippen LogP contribution is -2.34. The Labute approximate surface area is 186 Å². The lowest BCUT2D eigenvalue weighted by atomic mass is 10.0. The number of carboxylic acids is 1. The molecule has 166 valence electrons. The second-order valence-electron chi connectivity index (χ2n) is 7.07. The Morgan fingerprint density at radius 3 is 2.16 bits per heavy atom. The maximum absolute atomic E-state index is 13.7. The van der Waals surface area contributed by atoms with E-state index in [0.717, 1.165) is 5.56 Å². The lowest BCUT2D eigenvalue weighted by molar-refractivity contribution is -0.120. The van der Waals surface area contributed by atoms with Crippen LogP contribution in [0.5, 0.6) is 5.75 Å². The molecule has 0 heterocycles. The fourth-order valence-corrected chi connectivity index (χ4v) is 5.13. The largest absolute Gasteiger partial charge is 0.478 e. The number of hydrogen-bond acceptors (Lipinski definition) is 5. The molecular weight excluding hydrogens is 430 g/mol. The Kier molecular flexibility index (Phi) is 7.40. The Morgan fingerprint density at radius 1 is 1.00 bits per heavy atom. The highest BCUT2D eigenvalue weighted by atomic mass is 32.2. The Morgan fingerprint density at radius 2 is 1.62 bits per heavy atom. The van der Waals surface area contributed by atoms with Gasteiger partial charge in [0.2, 0.25) is 10.0 Å². The monoisotopic (exact) mass is 453 g/mol. The van der Waals surface area contributed by atoms with E-state index in [2.05, 4.69) is 0 Å². The standard InChI is InChI=1S/C24H23NO6S/c1-2-23(19-6-4-3-5-7-19)25(16-18-8-10-20(11-9-18)24(27)28)32(29,30)22-14-12-21(13-15-22)31-17-26/h3-15,17,23H,2,16H2,1H3,(H,27,28)/t23-/m0/s1. The summed E-state index contributed by atoms with van der Waals surface area (Å²) in [4.78, 5) is 21.7. The van der Waals surface area contributed by atoms with Crippen LogP contribution in [0.2, 0.25) is 0 Å². The number of carbonyl (C=O) groups excluding carboxylic acids is 1. The van der Waals surface area contributed by atoms with Gasteiger partial charge >= 0.3 is 5.97 Å². The third kappa shape index (κ3) is 5.22. The minimum absolute atomic E-state index is 0.0578. The van der Waals surface area contributed by atoms with Gasteiger partial charge in [-0.15, -0.1) is 0 Å². The van der Waals surface area contributed by atoms with Gasteiger partial charge in [-0.2, -0.15) is 4.31 Å². The summed E-state index contributed by atoms with van der Waals surface area (Å²) in [5, 5.41) is 9.13.